The van der Waals surface area contributed by atoms with E-state index in [1.54, 1.807) is 0 Å². The van der Waals surface area contributed by atoms with Gasteiger partial charge in [0.1, 0.15) is 13.1 Å². The third-order valence-electron chi connectivity index (χ3n) is 6.33. The SMILES string of the molecule is C[N+]1(Cc2cccc(N=Nc3cccc(C[N+]4(C)CC=CCC4)c3)c2)CC=CCC1. The summed E-state index contributed by atoms with van der Waals surface area (Å²) in [6, 6.07) is 17.1. The molecule has 2 aliphatic heterocycles. The maximum Gasteiger partial charge on any atom is 0.104 e. The van der Waals surface area contributed by atoms with Gasteiger partial charge in [0.2, 0.25) is 0 Å². The van der Waals surface area contributed by atoms with E-state index < -0.39 is 0 Å². The summed E-state index contributed by atoms with van der Waals surface area (Å²) < 4.78 is 2.12. The molecule has 2 aromatic carbocycles. The van der Waals surface area contributed by atoms with Crippen molar-refractivity contribution in [3.8, 4) is 0 Å². The third kappa shape index (κ3) is 5.53. The van der Waals surface area contributed by atoms with E-state index in [0.29, 0.717) is 0 Å². The number of hydrogen-bond donors (Lipinski definition) is 0. The molecule has 4 rings (SSSR count). The maximum atomic E-state index is 4.55. The number of quaternary nitrogens is 2. The second-order valence-corrected chi connectivity index (χ2v) is 9.43. The molecule has 30 heavy (non-hydrogen) atoms. The fourth-order valence-electron chi connectivity index (χ4n) is 4.57. The van der Waals surface area contributed by atoms with Gasteiger partial charge in [-0.3, -0.25) is 0 Å². The van der Waals surface area contributed by atoms with Gasteiger partial charge in [-0.05, 0) is 36.4 Å². The fourth-order valence-corrected chi connectivity index (χ4v) is 4.57. The van der Waals surface area contributed by atoms with Crippen LogP contribution in [-0.2, 0) is 13.1 Å². The Balaban J connectivity index is 1.43. The Morgan fingerprint density at radius 1 is 0.667 bits per heavy atom. The van der Waals surface area contributed by atoms with Gasteiger partial charge in [0.15, 0.2) is 0 Å². The topological polar surface area (TPSA) is 24.7 Å². The highest BCUT2D eigenvalue weighted by Gasteiger charge is 2.23. The van der Waals surface area contributed by atoms with E-state index >= 15 is 0 Å². The Kier molecular flexibility index (Phi) is 6.26. The van der Waals surface area contributed by atoms with Crippen molar-refractivity contribution in [2.75, 3.05) is 40.3 Å². The number of likely N-dealkylation sites (N-methyl/N-ethyl adjacent to an activating group) is 2. The molecule has 0 spiro atoms. The first-order chi connectivity index (χ1) is 14.5. The monoisotopic (exact) mass is 402 g/mol. The zero-order chi connectivity index (χ0) is 20.9. The summed E-state index contributed by atoms with van der Waals surface area (Å²) in [7, 11) is 4.68. The van der Waals surface area contributed by atoms with Gasteiger partial charge >= 0.3 is 0 Å². The molecule has 0 radical (unpaired) electrons. The Bertz CT molecular complexity index is 884. The minimum absolute atomic E-state index is 0.928. The van der Waals surface area contributed by atoms with Crippen LogP contribution in [0.5, 0.6) is 0 Å². The summed E-state index contributed by atoms with van der Waals surface area (Å²) in [5.74, 6) is 0. The van der Waals surface area contributed by atoms with Gasteiger partial charge in [-0.25, -0.2) is 0 Å². The highest BCUT2D eigenvalue weighted by molar-refractivity contribution is 5.43. The van der Waals surface area contributed by atoms with Gasteiger partial charge in [0.25, 0.3) is 0 Å². The first-order valence-corrected chi connectivity index (χ1v) is 11.1. The molecule has 2 atom stereocenters. The summed E-state index contributed by atoms with van der Waals surface area (Å²) in [5, 5.41) is 9.09. The second kappa shape index (κ2) is 9.07. The van der Waals surface area contributed by atoms with Gasteiger partial charge in [-0.2, -0.15) is 10.2 Å². The molecule has 4 nitrogen and oxygen atoms in total. The molecule has 2 aliphatic rings. The largest absolute Gasteiger partial charge is 0.319 e. The Morgan fingerprint density at radius 3 is 1.53 bits per heavy atom. The predicted octanol–water partition coefficient (Wildman–Crippen LogP) is 5.92. The zero-order valence-electron chi connectivity index (χ0n) is 18.4. The molecule has 2 unspecified atom stereocenters. The molecular weight excluding hydrogens is 368 g/mol. The van der Waals surface area contributed by atoms with Crippen LogP contribution in [0, 0.1) is 0 Å². The van der Waals surface area contributed by atoms with E-state index in [9.17, 15) is 0 Å². The van der Waals surface area contributed by atoms with Gasteiger partial charge in [0.05, 0.1) is 51.6 Å². The molecule has 0 saturated heterocycles. The van der Waals surface area contributed by atoms with Gasteiger partial charge in [-0.1, -0.05) is 36.4 Å². The van der Waals surface area contributed by atoms with Crippen LogP contribution in [0.3, 0.4) is 0 Å². The van der Waals surface area contributed by atoms with Crippen molar-refractivity contribution in [1.82, 2.24) is 0 Å². The zero-order valence-corrected chi connectivity index (χ0v) is 18.4. The lowest BCUT2D eigenvalue weighted by Gasteiger charge is -2.35. The van der Waals surface area contributed by atoms with E-state index in [1.807, 2.05) is 12.1 Å². The van der Waals surface area contributed by atoms with Crippen LogP contribution in [-0.4, -0.2) is 49.2 Å². The summed E-state index contributed by atoms with van der Waals surface area (Å²) in [5.41, 5.74) is 4.51. The Hall–Kier alpha value is -2.56. The minimum atomic E-state index is 0.928. The molecular formula is C26H34N4+2. The lowest BCUT2D eigenvalue weighted by molar-refractivity contribution is -0.918. The molecule has 2 aromatic rings. The maximum absolute atomic E-state index is 4.55. The van der Waals surface area contributed by atoms with E-state index in [0.717, 1.165) is 46.5 Å². The van der Waals surface area contributed by atoms with Crippen molar-refractivity contribution in [1.29, 1.82) is 0 Å². The average Bonchev–Trinajstić information content (AvgIpc) is 2.73. The number of benzene rings is 2. The highest BCUT2D eigenvalue weighted by atomic mass is 15.3. The standard InChI is InChI=1S/C26H34N4/c1-29(15-5-3-6-16-29)21-23-11-9-13-25(19-23)27-28-26-14-10-12-24(20-26)22-30(2)17-7-4-8-18-30/h3-5,7,9-14,19-20H,6,8,15-18,21-22H2,1-2H3/q+2. The van der Waals surface area contributed by atoms with Crippen molar-refractivity contribution in [2.45, 2.75) is 25.9 Å². The molecule has 0 aliphatic carbocycles. The molecule has 0 bridgehead atoms. The van der Waals surface area contributed by atoms with Crippen molar-refractivity contribution < 1.29 is 8.97 Å². The lowest BCUT2D eigenvalue weighted by atomic mass is 10.1. The van der Waals surface area contributed by atoms with E-state index in [-0.39, 0.29) is 0 Å². The van der Waals surface area contributed by atoms with Crippen LogP contribution in [0.4, 0.5) is 11.4 Å². The predicted molar refractivity (Wildman–Crippen MR) is 124 cm³/mol. The second-order valence-electron chi connectivity index (χ2n) is 9.43. The Labute approximate surface area is 181 Å². The first-order valence-electron chi connectivity index (χ1n) is 11.1. The number of azo groups is 1. The number of rotatable bonds is 6. The summed E-state index contributed by atoms with van der Waals surface area (Å²) in [6.07, 6.45) is 11.5. The van der Waals surface area contributed by atoms with Crippen LogP contribution in [0.1, 0.15) is 24.0 Å². The Morgan fingerprint density at radius 2 is 1.13 bits per heavy atom. The summed E-state index contributed by atoms with van der Waals surface area (Å²) in [4.78, 5) is 0. The lowest BCUT2D eigenvalue weighted by Crippen LogP contribution is -2.45. The molecule has 4 heteroatoms. The molecule has 0 amide bonds. The van der Waals surface area contributed by atoms with Gasteiger partial charge in [-0.15, -0.1) is 0 Å². The average molecular weight is 403 g/mol. The third-order valence-corrected chi connectivity index (χ3v) is 6.33. The van der Waals surface area contributed by atoms with Crippen LogP contribution in [0.2, 0.25) is 0 Å². The van der Waals surface area contributed by atoms with Gasteiger partial charge < -0.3 is 8.97 Å². The van der Waals surface area contributed by atoms with E-state index in [2.05, 4.69) is 85.0 Å². The van der Waals surface area contributed by atoms with Gasteiger partial charge in [0, 0.05) is 24.0 Å². The minimum Gasteiger partial charge on any atom is -0.319 e. The van der Waals surface area contributed by atoms with Crippen LogP contribution < -0.4 is 0 Å². The number of nitrogens with zero attached hydrogens (tertiary/aromatic N) is 4. The summed E-state index contributed by atoms with van der Waals surface area (Å²) >= 11 is 0. The first kappa shape index (κ1) is 20.7. The van der Waals surface area contributed by atoms with Crippen LogP contribution >= 0.6 is 0 Å². The molecule has 2 heterocycles. The summed E-state index contributed by atoms with van der Waals surface area (Å²) in [6.45, 7) is 6.67. The van der Waals surface area contributed by atoms with Crippen molar-refractivity contribution >= 4 is 11.4 Å². The van der Waals surface area contributed by atoms with E-state index in [1.165, 1.54) is 37.1 Å². The normalized spacial score (nSPS) is 26.3. The smallest absolute Gasteiger partial charge is 0.104 e. The van der Waals surface area contributed by atoms with Crippen LogP contribution in [0.15, 0.2) is 83.1 Å². The highest BCUT2D eigenvalue weighted by Crippen LogP contribution is 2.24. The molecule has 0 aromatic heterocycles. The number of hydrogen-bond acceptors (Lipinski definition) is 2. The van der Waals surface area contributed by atoms with E-state index in [4.69, 9.17) is 0 Å². The quantitative estimate of drug-likeness (QED) is 0.326. The molecule has 0 saturated carbocycles. The molecule has 156 valence electrons. The fraction of sp³-hybridized carbons (Fsp3) is 0.385. The molecule has 0 fully saturated rings. The van der Waals surface area contributed by atoms with Crippen molar-refractivity contribution in [2.24, 2.45) is 10.2 Å². The van der Waals surface area contributed by atoms with Crippen LogP contribution in [0.25, 0.3) is 0 Å². The molecule has 0 N–H and O–H groups in total. The van der Waals surface area contributed by atoms with Crippen molar-refractivity contribution in [3.63, 3.8) is 0 Å². The van der Waals surface area contributed by atoms with Crippen molar-refractivity contribution in [3.05, 3.63) is 84.0 Å².